The highest BCUT2D eigenvalue weighted by molar-refractivity contribution is 7.10. The van der Waals surface area contributed by atoms with Crippen LogP contribution < -0.4 is 11.1 Å². The van der Waals surface area contributed by atoms with Gasteiger partial charge in [0.1, 0.15) is 10.8 Å². The topological polar surface area (TPSA) is 60.2 Å². The molecular weight excluding hydrogens is 210 g/mol. The summed E-state index contributed by atoms with van der Waals surface area (Å²) in [6, 6.07) is 1.89. The number of methoxy groups -OCH3 is 1. The summed E-state index contributed by atoms with van der Waals surface area (Å²) in [5.74, 6) is 0.601. The second-order valence-electron chi connectivity index (χ2n) is 4.21. The standard InChI is InChI=1S/C10H17N3OS/c1-14-5-4-10(2-3-10)7-12-9-6-8(11)13-15-9/h6,12H,2-5,7H2,1H3,(H2,11,13). The van der Waals surface area contributed by atoms with E-state index in [2.05, 4.69) is 9.69 Å². The third kappa shape index (κ3) is 2.82. The molecule has 0 spiro atoms. The molecule has 1 saturated carbocycles. The van der Waals surface area contributed by atoms with Gasteiger partial charge in [0.05, 0.1) is 0 Å². The Bertz CT molecular complexity index is 322. The third-order valence-corrected chi connectivity index (χ3v) is 3.72. The minimum atomic E-state index is 0.467. The Kier molecular flexibility index (Phi) is 3.11. The van der Waals surface area contributed by atoms with Gasteiger partial charge in [-0.15, -0.1) is 0 Å². The zero-order valence-electron chi connectivity index (χ0n) is 8.95. The number of nitrogen functional groups attached to an aromatic ring is 1. The van der Waals surface area contributed by atoms with E-state index in [1.54, 1.807) is 7.11 Å². The lowest BCUT2D eigenvalue weighted by Gasteiger charge is -2.14. The van der Waals surface area contributed by atoms with Crippen LogP contribution in [-0.2, 0) is 4.74 Å². The summed E-state index contributed by atoms with van der Waals surface area (Å²) in [5.41, 5.74) is 6.02. The first kappa shape index (κ1) is 10.7. The van der Waals surface area contributed by atoms with Crippen molar-refractivity contribution in [2.45, 2.75) is 19.3 Å². The van der Waals surface area contributed by atoms with Crippen LogP contribution in [0.25, 0.3) is 0 Å². The van der Waals surface area contributed by atoms with Crippen molar-refractivity contribution in [3.63, 3.8) is 0 Å². The van der Waals surface area contributed by atoms with Gasteiger partial charge in [0, 0.05) is 26.3 Å². The molecule has 1 aromatic rings. The summed E-state index contributed by atoms with van der Waals surface area (Å²) >= 11 is 1.42. The van der Waals surface area contributed by atoms with Crippen LogP contribution in [0.2, 0.25) is 0 Å². The van der Waals surface area contributed by atoms with Gasteiger partial charge in [0.25, 0.3) is 0 Å². The van der Waals surface area contributed by atoms with Gasteiger partial charge in [-0.3, -0.25) is 0 Å². The second-order valence-corrected chi connectivity index (χ2v) is 5.02. The van der Waals surface area contributed by atoms with Gasteiger partial charge >= 0.3 is 0 Å². The van der Waals surface area contributed by atoms with E-state index in [-0.39, 0.29) is 0 Å². The van der Waals surface area contributed by atoms with E-state index in [9.17, 15) is 0 Å². The molecule has 0 atom stereocenters. The fraction of sp³-hybridized carbons (Fsp3) is 0.700. The van der Waals surface area contributed by atoms with Crippen LogP contribution in [0.3, 0.4) is 0 Å². The van der Waals surface area contributed by atoms with Gasteiger partial charge in [-0.05, 0) is 36.2 Å². The first-order chi connectivity index (χ1) is 7.24. The predicted octanol–water partition coefficient (Wildman–Crippen LogP) is 1.95. The molecule has 1 heterocycles. The molecule has 0 saturated heterocycles. The average Bonchev–Trinajstić information content (AvgIpc) is 2.89. The molecule has 0 amide bonds. The van der Waals surface area contributed by atoms with Gasteiger partial charge in [-0.1, -0.05) is 0 Å². The Labute approximate surface area is 94.0 Å². The maximum Gasteiger partial charge on any atom is 0.139 e. The first-order valence-electron chi connectivity index (χ1n) is 5.19. The minimum Gasteiger partial charge on any atom is -0.385 e. The van der Waals surface area contributed by atoms with Crippen molar-refractivity contribution in [3.8, 4) is 0 Å². The second kappa shape index (κ2) is 4.37. The molecule has 4 nitrogen and oxygen atoms in total. The van der Waals surface area contributed by atoms with E-state index in [1.165, 1.54) is 24.4 Å². The molecule has 0 radical (unpaired) electrons. The maximum absolute atomic E-state index is 5.55. The Hall–Kier alpha value is -0.810. The van der Waals surface area contributed by atoms with Crippen molar-refractivity contribution in [2.24, 2.45) is 5.41 Å². The fourth-order valence-corrected chi connectivity index (χ4v) is 2.22. The van der Waals surface area contributed by atoms with E-state index >= 15 is 0 Å². The zero-order chi connectivity index (χ0) is 10.7. The van der Waals surface area contributed by atoms with Crippen molar-refractivity contribution in [3.05, 3.63) is 6.07 Å². The number of anilines is 2. The number of nitrogens with two attached hydrogens (primary N) is 1. The largest absolute Gasteiger partial charge is 0.385 e. The Balaban J connectivity index is 1.78. The number of nitrogens with one attached hydrogen (secondary N) is 1. The first-order valence-corrected chi connectivity index (χ1v) is 5.96. The number of nitrogens with zero attached hydrogens (tertiary/aromatic N) is 1. The normalized spacial score (nSPS) is 17.7. The molecule has 3 N–H and O–H groups in total. The van der Waals surface area contributed by atoms with Crippen LogP contribution in [-0.4, -0.2) is 24.6 Å². The lowest BCUT2D eigenvalue weighted by Crippen LogP contribution is -2.16. The average molecular weight is 227 g/mol. The van der Waals surface area contributed by atoms with Crippen molar-refractivity contribution < 1.29 is 4.74 Å². The number of hydrogen-bond donors (Lipinski definition) is 2. The summed E-state index contributed by atoms with van der Waals surface area (Å²) in [7, 11) is 1.76. The van der Waals surface area contributed by atoms with E-state index in [0.717, 1.165) is 24.6 Å². The summed E-state index contributed by atoms with van der Waals surface area (Å²) < 4.78 is 9.15. The van der Waals surface area contributed by atoms with Crippen LogP contribution in [0.1, 0.15) is 19.3 Å². The fourth-order valence-electron chi connectivity index (χ4n) is 1.66. The highest BCUT2D eigenvalue weighted by Crippen LogP contribution is 2.48. The lowest BCUT2D eigenvalue weighted by atomic mass is 10.0. The van der Waals surface area contributed by atoms with Gasteiger partial charge in [0.15, 0.2) is 0 Å². The molecule has 0 unspecified atom stereocenters. The van der Waals surface area contributed by atoms with Crippen LogP contribution in [0.4, 0.5) is 10.8 Å². The predicted molar refractivity (Wildman–Crippen MR) is 63.2 cm³/mol. The van der Waals surface area contributed by atoms with E-state index in [4.69, 9.17) is 10.5 Å². The number of ether oxygens (including phenoxy) is 1. The molecule has 1 fully saturated rings. The highest BCUT2D eigenvalue weighted by Gasteiger charge is 2.41. The molecule has 5 heteroatoms. The summed E-state index contributed by atoms with van der Waals surface area (Å²) in [6.45, 7) is 1.87. The molecular formula is C10H17N3OS. The molecule has 0 bridgehead atoms. The molecule has 0 aromatic carbocycles. The van der Waals surface area contributed by atoms with Crippen LogP contribution >= 0.6 is 11.5 Å². The molecule has 1 aliphatic rings. The van der Waals surface area contributed by atoms with E-state index in [1.807, 2.05) is 6.07 Å². The summed E-state index contributed by atoms with van der Waals surface area (Å²) in [4.78, 5) is 0. The van der Waals surface area contributed by atoms with Gasteiger partial charge in [0.2, 0.25) is 0 Å². The minimum absolute atomic E-state index is 0.467. The molecule has 2 rings (SSSR count). The Morgan fingerprint density at radius 1 is 1.67 bits per heavy atom. The smallest absolute Gasteiger partial charge is 0.139 e. The lowest BCUT2D eigenvalue weighted by molar-refractivity contribution is 0.175. The van der Waals surface area contributed by atoms with E-state index in [0.29, 0.717) is 11.2 Å². The molecule has 1 aliphatic carbocycles. The zero-order valence-corrected chi connectivity index (χ0v) is 9.77. The van der Waals surface area contributed by atoms with E-state index < -0.39 is 0 Å². The van der Waals surface area contributed by atoms with Gasteiger partial charge in [-0.25, -0.2) is 0 Å². The van der Waals surface area contributed by atoms with Crippen molar-refractivity contribution >= 4 is 22.4 Å². The third-order valence-electron chi connectivity index (χ3n) is 2.96. The summed E-state index contributed by atoms with van der Waals surface area (Å²) in [6.07, 6.45) is 3.75. The molecule has 15 heavy (non-hydrogen) atoms. The van der Waals surface area contributed by atoms with Crippen LogP contribution in [0.5, 0.6) is 0 Å². The van der Waals surface area contributed by atoms with Crippen molar-refractivity contribution in [1.29, 1.82) is 0 Å². The van der Waals surface area contributed by atoms with Gasteiger partial charge < -0.3 is 15.8 Å². The van der Waals surface area contributed by atoms with Crippen molar-refractivity contribution in [1.82, 2.24) is 4.37 Å². The SMILES string of the molecule is COCCC1(CNc2cc(N)ns2)CC1. The Morgan fingerprint density at radius 2 is 2.47 bits per heavy atom. The van der Waals surface area contributed by atoms with Crippen LogP contribution in [0, 0.1) is 5.41 Å². The number of aromatic nitrogens is 1. The number of rotatable bonds is 6. The maximum atomic E-state index is 5.55. The molecule has 0 aliphatic heterocycles. The number of hydrogen-bond acceptors (Lipinski definition) is 5. The van der Waals surface area contributed by atoms with Crippen LogP contribution in [0.15, 0.2) is 6.07 Å². The monoisotopic (exact) mass is 227 g/mol. The quantitative estimate of drug-likeness (QED) is 0.780. The van der Waals surface area contributed by atoms with Crippen molar-refractivity contribution in [2.75, 3.05) is 31.3 Å². The summed E-state index contributed by atoms with van der Waals surface area (Å²) in [5, 5.41) is 4.46. The molecule has 84 valence electrons. The molecule has 1 aromatic heterocycles. The van der Waals surface area contributed by atoms with Gasteiger partial charge in [-0.2, -0.15) is 4.37 Å². The highest BCUT2D eigenvalue weighted by atomic mass is 32.1. The Morgan fingerprint density at radius 3 is 3.00 bits per heavy atom.